The SMILES string of the molecule is CNC(=O)C1CCN(C(=O)Cn2cnc3c(N4CCOCC4)nc(-c4cnc(N)nc4)nc32)CC1. The van der Waals surface area contributed by atoms with E-state index in [1.165, 1.54) is 0 Å². The van der Waals surface area contributed by atoms with Crippen LogP contribution in [-0.2, 0) is 20.9 Å². The largest absolute Gasteiger partial charge is 0.378 e. The zero-order valence-corrected chi connectivity index (χ0v) is 19.6. The number of morpholine rings is 1. The van der Waals surface area contributed by atoms with Crippen LogP contribution in [0.5, 0.6) is 0 Å². The van der Waals surface area contributed by atoms with E-state index in [0.717, 1.165) is 0 Å². The van der Waals surface area contributed by atoms with E-state index in [-0.39, 0.29) is 30.2 Å². The van der Waals surface area contributed by atoms with Gasteiger partial charge in [-0.15, -0.1) is 0 Å². The van der Waals surface area contributed by atoms with Crippen LogP contribution < -0.4 is 16.0 Å². The lowest BCUT2D eigenvalue weighted by atomic mass is 9.96. The lowest BCUT2D eigenvalue weighted by Gasteiger charge is -2.31. The van der Waals surface area contributed by atoms with Crippen molar-refractivity contribution in [2.45, 2.75) is 19.4 Å². The van der Waals surface area contributed by atoms with Gasteiger partial charge in [0.05, 0.1) is 25.1 Å². The van der Waals surface area contributed by atoms with Gasteiger partial charge in [0.2, 0.25) is 17.8 Å². The molecule has 3 aromatic heterocycles. The van der Waals surface area contributed by atoms with E-state index >= 15 is 0 Å². The standard InChI is InChI=1S/C22H28N10O3/c1-24-21(34)14-2-4-30(5-3-14)16(33)12-32-13-27-17-19(31-6-8-35-9-7-31)28-18(29-20(17)32)15-10-25-22(23)26-11-15/h10-11,13-14H,2-9,12H2,1H3,(H,24,34)(H2,23,25,26). The Morgan fingerprint density at radius 3 is 2.49 bits per heavy atom. The van der Waals surface area contributed by atoms with Crippen molar-refractivity contribution < 1.29 is 14.3 Å². The van der Waals surface area contributed by atoms with E-state index in [9.17, 15) is 9.59 Å². The van der Waals surface area contributed by atoms with Gasteiger partial charge in [-0.05, 0) is 12.8 Å². The Morgan fingerprint density at radius 2 is 1.80 bits per heavy atom. The minimum absolute atomic E-state index is 0.0317. The van der Waals surface area contributed by atoms with Crippen molar-refractivity contribution in [3.05, 3.63) is 18.7 Å². The molecule has 0 unspecified atom stereocenters. The number of anilines is 2. The lowest BCUT2D eigenvalue weighted by molar-refractivity contribution is -0.135. The molecule has 184 valence electrons. The summed E-state index contributed by atoms with van der Waals surface area (Å²) in [6.07, 6.45) is 6.09. The highest BCUT2D eigenvalue weighted by Crippen LogP contribution is 2.27. The number of aromatic nitrogens is 6. The number of nitrogen functional groups attached to an aromatic ring is 1. The van der Waals surface area contributed by atoms with Crippen LogP contribution in [0, 0.1) is 5.92 Å². The lowest BCUT2D eigenvalue weighted by Crippen LogP contribution is -2.43. The predicted molar refractivity (Wildman–Crippen MR) is 127 cm³/mol. The molecule has 3 N–H and O–H groups in total. The molecule has 5 rings (SSSR count). The summed E-state index contributed by atoms with van der Waals surface area (Å²) in [5, 5.41) is 2.69. The summed E-state index contributed by atoms with van der Waals surface area (Å²) in [6.45, 7) is 3.73. The van der Waals surface area contributed by atoms with E-state index in [1.54, 1.807) is 35.2 Å². The summed E-state index contributed by atoms with van der Waals surface area (Å²) in [7, 11) is 1.64. The molecule has 2 amide bonds. The fourth-order valence-corrected chi connectivity index (χ4v) is 4.46. The molecule has 0 spiro atoms. The summed E-state index contributed by atoms with van der Waals surface area (Å²) in [4.78, 5) is 51.1. The highest BCUT2D eigenvalue weighted by atomic mass is 16.5. The number of amides is 2. The molecule has 0 bridgehead atoms. The fourth-order valence-electron chi connectivity index (χ4n) is 4.46. The number of hydrogen-bond donors (Lipinski definition) is 2. The number of nitrogens with zero attached hydrogens (tertiary/aromatic N) is 8. The van der Waals surface area contributed by atoms with E-state index < -0.39 is 0 Å². The van der Waals surface area contributed by atoms with Crippen molar-refractivity contribution in [1.29, 1.82) is 0 Å². The smallest absolute Gasteiger partial charge is 0.242 e. The Morgan fingerprint density at radius 1 is 1.09 bits per heavy atom. The van der Waals surface area contributed by atoms with Gasteiger partial charge in [0.25, 0.3) is 0 Å². The number of hydrogen-bond acceptors (Lipinski definition) is 10. The molecule has 0 atom stereocenters. The van der Waals surface area contributed by atoms with Crippen molar-refractivity contribution in [1.82, 2.24) is 39.7 Å². The first-order valence-corrected chi connectivity index (χ1v) is 11.7. The van der Waals surface area contributed by atoms with E-state index in [2.05, 4.69) is 25.2 Å². The van der Waals surface area contributed by atoms with Gasteiger partial charge in [-0.3, -0.25) is 9.59 Å². The molecule has 13 nitrogen and oxygen atoms in total. The Hall–Kier alpha value is -3.87. The van der Waals surface area contributed by atoms with Crippen LogP contribution in [0.1, 0.15) is 12.8 Å². The fraction of sp³-hybridized carbons (Fsp3) is 0.500. The zero-order chi connectivity index (χ0) is 24.4. The second-order valence-corrected chi connectivity index (χ2v) is 8.61. The second kappa shape index (κ2) is 9.78. The summed E-state index contributed by atoms with van der Waals surface area (Å²) in [5.41, 5.74) is 7.44. The number of imidazole rings is 1. The average Bonchev–Trinajstić information content (AvgIpc) is 3.31. The van der Waals surface area contributed by atoms with Gasteiger partial charge in [0.1, 0.15) is 6.54 Å². The number of carbonyl (C=O) groups excluding carboxylic acids is 2. The first-order valence-electron chi connectivity index (χ1n) is 11.7. The summed E-state index contributed by atoms with van der Waals surface area (Å²) < 4.78 is 7.24. The monoisotopic (exact) mass is 480 g/mol. The number of likely N-dealkylation sites (tertiary alicyclic amines) is 1. The Labute approximate surface area is 201 Å². The van der Waals surface area contributed by atoms with Crippen molar-refractivity contribution in [2.24, 2.45) is 5.92 Å². The van der Waals surface area contributed by atoms with Crippen LogP contribution in [0.4, 0.5) is 11.8 Å². The number of fused-ring (bicyclic) bond motifs is 1. The third kappa shape index (κ3) is 4.71. The third-order valence-corrected chi connectivity index (χ3v) is 6.46. The quantitative estimate of drug-likeness (QED) is 0.496. The number of ether oxygens (including phenoxy) is 1. The minimum atomic E-state index is -0.0494. The Bertz CT molecular complexity index is 1210. The first-order chi connectivity index (χ1) is 17.0. The molecule has 13 heteroatoms. The second-order valence-electron chi connectivity index (χ2n) is 8.61. The normalized spacial score (nSPS) is 17.1. The van der Waals surface area contributed by atoms with E-state index in [0.29, 0.717) is 80.6 Å². The number of rotatable bonds is 5. The van der Waals surface area contributed by atoms with Crippen LogP contribution in [0.3, 0.4) is 0 Å². The third-order valence-electron chi connectivity index (χ3n) is 6.46. The van der Waals surface area contributed by atoms with Crippen LogP contribution >= 0.6 is 0 Å². The molecule has 0 aliphatic carbocycles. The number of carbonyl (C=O) groups is 2. The highest BCUT2D eigenvalue weighted by molar-refractivity contribution is 5.87. The molecule has 0 aromatic carbocycles. The van der Waals surface area contributed by atoms with Crippen molar-refractivity contribution in [2.75, 3.05) is 57.1 Å². The molecule has 35 heavy (non-hydrogen) atoms. The molecular formula is C22H28N10O3. The van der Waals surface area contributed by atoms with Gasteiger partial charge in [-0.1, -0.05) is 0 Å². The van der Waals surface area contributed by atoms with Crippen molar-refractivity contribution >= 4 is 34.7 Å². The average molecular weight is 481 g/mol. The van der Waals surface area contributed by atoms with Gasteiger partial charge >= 0.3 is 0 Å². The van der Waals surface area contributed by atoms with Crippen molar-refractivity contribution in [3.63, 3.8) is 0 Å². The number of piperidine rings is 1. The molecule has 0 radical (unpaired) electrons. The van der Waals surface area contributed by atoms with E-state index in [4.69, 9.17) is 20.4 Å². The van der Waals surface area contributed by atoms with Crippen LogP contribution in [0.15, 0.2) is 18.7 Å². The molecule has 2 aliphatic heterocycles. The van der Waals surface area contributed by atoms with Gasteiger partial charge < -0.3 is 30.2 Å². The molecule has 3 aromatic rings. The number of nitrogens with one attached hydrogen (secondary N) is 1. The maximum atomic E-state index is 13.1. The summed E-state index contributed by atoms with van der Waals surface area (Å²) >= 11 is 0. The van der Waals surface area contributed by atoms with Gasteiger partial charge in [0, 0.05) is 51.5 Å². The summed E-state index contributed by atoms with van der Waals surface area (Å²) in [5.74, 6) is 1.22. The zero-order valence-electron chi connectivity index (χ0n) is 19.6. The van der Waals surface area contributed by atoms with Crippen molar-refractivity contribution in [3.8, 4) is 11.4 Å². The molecular weight excluding hydrogens is 452 g/mol. The molecule has 5 heterocycles. The minimum Gasteiger partial charge on any atom is -0.378 e. The van der Waals surface area contributed by atoms with Crippen LogP contribution in [0.2, 0.25) is 0 Å². The maximum absolute atomic E-state index is 13.1. The number of nitrogens with two attached hydrogens (primary N) is 1. The molecule has 2 saturated heterocycles. The topological polar surface area (TPSA) is 157 Å². The van der Waals surface area contributed by atoms with Crippen LogP contribution in [0.25, 0.3) is 22.6 Å². The maximum Gasteiger partial charge on any atom is 0.242 e. The van der Waals surface area contributed by atoms with Gasteiger partial charge in [-0.2, -0.15) is 0 Å². The highest BCUT2D eigenvalue weighted by Gasteiger charge is 2.28. The van der Waals surface area contributed by atoms with Gasteiger partial charge in [-0.25, -0.2) is 24.9 Å². The Kier molecular flexibility index (Phi) is 6.40. The van der Waals surface area contributed by atoms with Gasteiger partial charge in [0.15, 0.2) is 22.8 Å². The summed E-state index contributed by atoms with van der Waals surface area (Å²) in [6, 6.07) is 0. The molecule has 2 aliphatic rings. The molecule has 2 fully saturated rings. The Balaban J connectivity index is 1.44. The predicted octanol–water partition coefficient (Wildman–Crippen LogP) is -0.313. The van der Waals surface area contributed by atoms with Crippen LogP contribution in [-0.4, -0.2) is 92.6 Å². The molecule has 0 saturated carbocycles. The first kappa shape index (κ1) is 22.9. The van der Waals surface area contributed by atoms with E-state index in [1.807, 2.05) is 0 Å².